The molecule has 1 heterocycles. The van der Waals surface area contributed by atoms with Crippen molar-refractivity contribution in [1.82, 2.24) is 4.90 Å². The molecule has 1 aromatic rings. The maximum Gasteiger partial charge on any atom is 0.269 e. The normalized spacial score (nSPS) is 22.9. The lowest BCUT2D eigenvalue weighted by Gasteiger charge is -2.16. The molecule has 1 aliphatic heterocycles. The Kier molecular flexibility index (Phi) is 3.61. The summed E-state index contributed by atoms with van der Waals surface area (Å²) >= 11 is 0. The average Bonchev–Trinajstić information content (AvgIpc) is 3.17. The highest BCUT2D eigenvalue weighted by molar-refractivity contribution is 5.55. The van der Waals surface area contributed by atoms with E-state index in [-0.39, 0.29) is 10.6 Å². The topological polar surface area (TPSA) is 58.4 Å². The molecule has 0 amide bonds. The molecule has 20 heavy (non-hydrogen) atoms. The summed E-state index contributed by atoms with van der Waals surface area (Å²) in [6, 6.07) is 5.88. The molecule has 1 unspecified atom stereocenters. The van der Waals surface area contributed by atoms with Crippen LogP contribution >= 0.6 is 0 Å². The number of anilines is 1. The fourth-order valence-electron chi connectivity index (χ4n) is 3.01. The Morgan fingerprint density at radius 1 is 1.40 bits per heavy atom. The highest BCUT2D eigenvalue weighted by Crippen LogP contribution is 2.32. The monoisotopic (exact) mass is 275 g/mol. The molecule has 1 saturated carbocycles. The average molecular weight is 275 g/mol. The summed E-state index contributed by atoms with van der Waals surface area (Å²) in [6.45, 7) is 5.31. The van der Waals surface area contributed by atoms with Gasteiger partial charge >= 0.3 is 0 Å². The van der Waals surface area contributed by atoms with E-state index in [2.05, 4.69) is 10.2 Å². The number of nitrogens with one attached hydrogen (secondary N) is 1. The zero-order chi connectivity index (χ0) is 14.1. The summed E-state index contributed by atoms with van der Waals surface area (Å²) in [5.41, 5.74) is 2.12. The molecule has 1 aromatic carbocycles. The molecule has 0 aromatic heterocycles. The van der Waals surface area contributed by atoms with Crippen molar-refractivity contribution in [3.8, 4) is 0 Å². The van der Waals surface area contributed by atoms with Gasteiger partial charge in [-0.25, -0.2) is 0 Å². The van der Waals surface area contributed by atoms with E-state index >= 15 is 0 Å². The first-order chi connectivity index (χ1) is 9.63. The minimum absolute atomic E-state index is 0.161. The molecule has 0 bridgehead atoms. The third kappa shape index (κ3) is 2.93. The van der Waals surface area contributed by atoms with Gasteiger partial charge in [-0.2, -0.15) is 0 Å². The smallest absolute Gasteiger partial charge is 0.269 e. The first-order valence-electron chi connectivity index (χ1n) is 7.36. The fourth-order valence-corrected chi connectivity index (χ4v) is 3.01. The summed E-state index contributed by atoms with van der Waals surface area (Å²) in [5.74, 6) is 0.699. The van der Waals surface area contributed by atoms with E-state index in [0.717, 1.165) is 23.8 Å². The number of nitro benzene ring substituents is 1. The second kappa shape index (κ2) is 5.40. The van der Waals surface area contributed by atoms with Crippen LogP contribution in [-0.4, -0.2) is 35.5 Å². The van der Waals surface area contributed by atoms with E-state index in [4.69, 9.17) is 0 Å². The molecule has 1 N–H and O–H groups in total. The predicted molar refractivity (Wildman–Crippen MR) is 79.0 cm³/mol. The molecular weight excluding hydrogens is 254 g/mol. The lowest BCUT2D eigenvalue weighted by atomic mass is 10.1. The molecule has 3 rings (SSSR count). The molecule has 0 spiro atoms. The van der Waals surface area contributed by atoms with Crippen molar-refractivity contribution in [3.05, 3.63) is 33.9 Å². The van der Waals surface area contributed by atoms with Crippen molar-refractivity contribution >= 4 is 11.4 Å². The number of nitro groups is 1. The quantitative estimate of drug-likeness (QED) is 0.663. The van der Waals surface area contributed by atoms with Crippen LogP contribution in [0.25, 0.3) is 0 Å². The van der Waals surface area contributed by atoms with Crippen LogP contribution in [0.3, 0.4) is 0 Å². The molecule has 2 fully saturated rings. The van der Waals surface area contributed by atoms with Gasteiger partial charge in [0.05, 0.1) is 4.92 Å². The van der Waals surface area contributed by atoms with E-state index < -0.39 is 0 Å². The molecule has 1 atom stereocenters. The van der Waals surface area contributed by atoms with E-state index in [1.807, 2.05) is 13.0 Å². The number of likely N-dealkylation sites (tertiary alicyclic amines) is 1. The van der Waals surface area contributed by atoms with Crippen molar-refractivity contribution in [3.63, 3.8) is 0 Å². The molecular formula is C15H21N3O2. The van der Waals surface area contributed by atoms with Crippen molar-refractivity contribution in [2.45, 2.75) is 32.2 Å². The van der Waals surface area contributed by atoms with E-state index in [1.165, 1.54) is 32.4 Å². The Hall–Kier alpha value is -1.62. The maximum atomic E-state index is 10.7. The number of rotatable bonds is 5. The number of hydrogen-bond acceptors (Lipinski definition) is 4. The van der Waals surface area contributed by atoms with Gasteiger partial charge in [0.1, 0.15) is 0 Å². The fraction of sp³-hybridized carbons (Fsp3) is 0.600. The van der Waals surface area contributed by atoms with Crippen LogP contribution in [0.1, 0.15) is 24.8 Å². The SMILES string of the molecule is Cc1cc([N+](=O)[O-])ccc1NCC1CCN(C2CC2)C1. The van der Waals surface area contributed by atoms with Crippen LogP contribution < -0.4 is 5.32 Å². The lowest BCUT2D eigenvalue weighted by molar-refractivity contribution is -0.384. The third-order valence-corrected chi connectivity index (χ3v) is 4.38. The second-order valence-electron chi connectivity index (χ2n) is 6.02. The van der Waals surface area contributed by atoms with E-state index in [1.54, 1.807) is 12.1 Å². The van der Waals surface area contributed by atoms with Crippen molar-refractivity contribution < 1.29 is 4.92 Å². The van der Waals surface area contributed by atoms with E-state index in [0.29, 0.717) is 5.92 Å². The summed E-state index contributed by atoms with van der Waals surface area (Å²) in [6.07, 6.45) is 4.01. The number of hydrogen-bond donors (Lipinski definition) is 1. The summed E-state index contributed by atoms with van der Waals surface area (Å²) in [4.78, 5) is 13.0. The highest BCUT2D eigenvalue weighted by atomic mass is 16.6. The van der Waals surface area contributed by atoms with Gasteiger partial charge < -0.3 is 10.2 Å². The molecule has 1 aliphatic carbocycles. The number of aryl methyl sites for hydroxylation is 1. The van der Waals surface area contributed by atoms with Gasteiger partial charge in [0.15, 0.2) is 0 Å². The lowest BCUT2D eigenvalue weighted by Crippen LogP contribution is -2.24. The Labute approximate surface area is 119 Å². The molecule has 2 aliphatic rings. The highest BCUT2D eigenvalue weighted by Gasteiger charge is 2.34. The minimum atomic E-state index is -0.346. The Morgan fingerprint density at radius 3 is 2.85 bits per heavy atom. The number of nitrogens with zero attached hydrogens (tertiary/aromatic N) is 2. The van der Waals surface area contributed by atoms with Crippen LogP contribution in [0, 0.1) is 23.0 Å². The summed E-state index contributed by atoms with van der Waals surface area (Å²) < 4.78 is 0. The molecule has 1 saturated heterocycles. The van der Waals surface area contributed by atoms with Gasteiger partial charge in [0, 0.05) is 37.0 Å². The van der Waals surface area contributed by atoms with Crippen molar-refractivity contribution in [1.29, 1.82) is 0 Å². The molecule has 108 valence electrons. The first kappa shape index (κ1) is 13.4. The largest absolute Gasteiger partial charge is 0.384 e. The molecule has 5 nitrogen and oxygen atoms in total. The van der Waals surface area contributed by atoms with Crippen LogP contribution in [-0.2, 0) is 0 Å². The Balaban J connectivity index is 1.54. The summed E-state index contributed by atoms with van der Waals surface area (Å²) in [5, 5.41) is 14.2. The van der Waals surface area contributed by atoms with Gasteiger partial charge in [-0.05, 0) is 50.3 Å². The van der Waals surface area contributed by atoms with Gasteiger partial charge in [-0.15, -0.1) is 0 Å². The maximum absolute atomic E-state index is 10.7. The Morgan fingerprint density at radius 2 is 2.20 bits per heavy atom. The number of non-ortho nitro benzene ring substituents is 1. The predicted octanol–water partition coefficient (Wildman–Crippen LogP) is 2.80. The van der Waals surface area contributed by atoms with Crippen molar-refractivity contribution in [2.75, 3.05) is 25.0 Å². The zero-order valence-electron chi connectivity index (χ0n) is 11.8. The van der Waals surface area contributed by atoms with Crippen LogP contribution in [0.5, 0.6) is 0 Å². The van der Waals surface area contributed by atoms with Crippen LogP contribution in [0.4, 0.5) is 11.4 Å². The standard InChI is InChI=1S/C15H21N3O2/c1-11-8-14(18(19)20)4-5-15(11)16-9-12-6-7-17(10-12)13-2-3-13/h4-5,8,12-13,16H,2-3,6-7,9-10H2,1H3. The van der Waals surface area contributed by atoms with Crippen LogP contribution in [0.2, 0.25) is 0 Å². The number of benzene rings is 1. The molecule has 5 heteroatoms. The minimum Gasteiger partial charge on any atom is -0.384 e. The van der Waals surface area contributed by atoms with Gasteiger partial charge in [-0.1, -0.05) is 0 Å². The van der Waals surface area contributed by atoms with Gasteiger partial charge in [0.2, 0.25) is 0 Å². The third-order valence-electron chi connectivity index (χ3n) is 4.38. The first-order valence-corrected chi connectivity index (χ1v) is 7.36. The Bertz CT molecular complexity index is 514. The van der Waals surface area contributed by atoms with Gasteiger partial charge in [0.25, 0.3) is 5.69 Å². The molecule has 0 radical (unpaired) electrons. The van der Waals surface area contributed by atoms with Gasteiger partial charge in [-0.3, -0.25) is 10.1 Å². The summed E-state index contributed by atoms with van der Waals surface area (Å²) in [7, 11) is 0. The zero-order valence-corrected chi connectivity index (χ0v) is 11.8. The van der Waals surface area contributed by atoms with E-state index in [9.17, 15) is 10.1 Å². The van der Waals surface area contributed by atoms with Crippen LogP contribution in [0.15, 0.2) is 18.2 Å². The second-order valence-corrected chi connectivity index (χ2v) is 6.02. The van der Waals surface area contributed by atoms with Crippen molar-refractivity contribution in [2.24, 2.45) is 5.92 Å².